The molecule has 6 heteroatoms. The second-order valence-corrected chi connectivity index (χ2v) is 4.39. The quantitative estimate of drug-likeness (QED) is 0.939. The maximum Gasteiger partial charge on any atom is 0.573 e. The topological polar surface area (TPSA) is 48.1 Å². The molecule has 0 amide bonds. The third-order valence-electron chi connectivity index (χ3n) is 2.73. The van der Waals surface area contributed by atoms with Crippen LogP contribution in [0.4, 0.5) is 13.2 Å². The highest BCUT2D eigenvalue weighted by Gasteiger charge is 2.31. The van der Waals surface area contributed by atoms with Gasteiger partial charge < -0.3 is 10.5 Å². The number of pyridine rings is 1. The van der Waals surface area contributed by atoms with Crippen molar-refractivity contribution in [1.29, 1.82) is 0 Å². The Kier molecular flexibility index (Phi) is 3.94. The Bertz CT molecular complexity index is 582. The second-order valence-electron chi connectivity index (χ2n) is 4.39. The van der Waals surface area contributed by atoms with Crippen LogP contribution in [0, 0.1) is 6.92 Å². The van der Waals surface area contributed by atoms with E-state index in [9.17, 15) is 13.2 Å². The first-order chi connectivity index (χ1) is 9.35. The molecule has 1 atom stereocenters. The lowest BCUT2D eigenvalue weighted by atomic mass is 10.0. The number of nitrogens with two attached hydrogens (primary N) is 1. The number of hydrogen-bond donors (Lipinski definition) is 1. The molecule has 1 heterocycles. The molecule has 0 aliphatic carbocycles. The summed E-state index contributed by atoms with van der Waals surface area (Å²) in [5.41, 5.74) is 8.51. The summed E-state index contributed by atoms with van der Waals surface area (Å²) in [6.07, 6.45) is -1.35. The predicted octanol–water partition coefficient (Wildman–Crippen LogP) is 3.34. The molecule has 2 rings (SSSR count). The van der Waals surface area contributed by atoms with Gasteiger partial charge in [-0.25, -0.2) is 0 Å². The number of hydrogen-bond acceptors (Lipinski definition) is 3. The van der Waals surface area contributed by atoms with Gasteiger partial charge in [0.15, 0.2) is 0 Å². The number of ether oxygens (including phenoxy) is 1. The molecule has 0 bridgehead atoms. The first kappa shape index (κ1) is 14.3. The van der Waals surface area contributed by atoms with Crippen molar-refractivity contribution in [2.24, 2.45) is 5.73 Å². The van der Waals surface area contributed by atoms with Gasteiger partial charge in [0.1, 0.15) is 5.75 Å². The van der Waals surface area contributed by atoms with Crippen molar-refractivity contribution < 1.29 is 17.9 Å². The monoisotopic (exact) mass is 282 g/mol. The zero-order valence-corrected chi connectivity index (χ0v) is 10.7. The van der Waals surface area contributed by atoms with E-state index in [0.29, 0.717) is 5.56 Å². The first-order valence-electron chi connectivity index (χ1n) is 5.88. The van der Waals surface area contributed by atoms with Gasteiger partial charge >= 0.3 is 6.36 Å². The summed E-state index contributed by atoms with van der Waals surface area (Å²) in [7, 11) is 0. The van der Waals surface area contributed by atoms with E-state index in [2.05, 4.69) is 9.72 Å². The fourth-order valence-electron chi connectivity index (χ4n) is 1.82. The number of aromatic nitrogens is 1. The molecule has 0 aliphatic heterocycles. The number of rotatable bonds is 3. The predicted molar refractivity (Wildman–Crippen MR) is 68.1 cm³/mol. The van der Waals surface area contributed by atoms with Gasteiger partial charge in [0.05, 0.1) is 6.04 Å². The van der Waals surface area contributed by atoms with Gasteiger partial charge in [-0.05, 0) is 35.7 Å². The molecular weight excluding hydrogens is 269 g/mol. The molecule has 106 valence electrons. The fourth-order valence-corrected chi connectivity index (χ4v) is 1.82. The van der Waals surface area contributed by atoms with Gasteiger partial charge in [-0.15, -0.1) is 13.2 Å². The minimum absolute atomic E-state index is 0.268. The van der Waals surface area contributed by atoms with Crippen molar-refractivity contribution in [3.63, 3.8) is 0 Å². The number of benzene rings is 1. The molecule has 0 radical (unpaired) electrons. The van der Waals surface area contributed by atoms with Crippen LogP contribution in [0.25, 0.3) is 0 Å². The summed E-state index contributed by atoms with van der Waals surface area (Å²) in [6, 6.07) is 6.94. The van der Waals surface area contributed by atoms with Gasteiger partial charge in [-0.2, -0.15) is 0 Å². The Morgan fingerprint density at radius 1 is 1.10 bits per heavy atom. The van der Waals surface area contributed by atoms with E-state index in [4.69, 9.17) is 5.73 Å². The highest BCUT2D eigenvalue weighted by molar-refractivity contribution is 5.35. The molecule has 1 aromatic heterocycles. The van der Waals surface area contributed by atoms with Gasteiger partial charge in [-0.3, -0.25) is 4.98 Å². The van der Waals surface area contributed by atoms with Gasteiger partial charge in [-0.1, -0.05) is 18.2 Å². The zero-order valence-electron chi connectivity index (χ0n) is 10.7. The highest BCUT2D eigenvalue weighted by atomic mass is 19.4. The lowest BCUT2D eigenvalue weighted by Crippen LogP contribution is -2.17. The Balaban J connectivity index is 2.17. The summed E-state index contributed by atoms with van der Waals surface area (Å²) in [5, 5.41) is 0. The van der Waals surface area contributed by atoms with E-state index < -0.39 is 12.4 Å². The molecule has 1 aromatic carbocycles. The molecule has 0 fully saturated rings. The highest BCUT2D eigenvalue weighted by Crippen LogP contribution is 2.25. The number of nitrogens with zero attached hydrogens (tertiary/aromatic N) is 1. The summed E-state index contributed by atoms with van der Waals surface area (Å²) in [4.78, 5) is 4.04. The van der Waals surface area contributed by atoms with Crippen molar-refractivity contribution in [1.82, 2.24) is 4.98 Å². The molecule has 0 aliphatic rings. The van der Waals surface area contributed by atoms with Crippen molar-refractivity contribution in [2.45, 2.75) is 19.3 Å². The van der Waals surface area contributed by atoms with Crippen molar-refractivity contribution in [3.05, 3.63) is 59.4 Å². The zero-order chi connectivity index (χ0) is 14.8. The Morgan fingerprint density at radius 3 is 2.30 bits per heavy atom. The second kappa shape index (κ2) is 5.50. The van der Waals surface area contributed by atoms with Crippen molar-refractivity contribution in [3.8, 4) is 5.75 Å². The SMILES string of the molecule is Cc1cncc(C(N)c2ccc(OC(F)(F)F)cc2)c1. The molecular formula is C14H13F3N2O. The van der Waals surface area contributed by atoms with Gasteiger partial charge in [0.25, 0.3) is 0 Å². The average molecular weight is 282 g/mol. The molecule has 0 saturated heterocycles. The maximum absolute atomic E-state index is 12.1. The Labute approximate surface area is 114 Å². The maximum atomic E-state index is 12.1. The van der Waals surface area contributed by atoms with E-state index in [0.717, 1.165) is 11.1 Å². The minimum atomic E-state index is -4.69. The van der Waals surface area contributed by atoms with Crippen molar-refractivity contribution in [2.75, 3.05) is 0 Å². The largest absolute Gasteiger partial charge is 0.573 e. The van der Waals surface area contributed by atoms with E-state index in [1.807, 2.05) is 13.0 Å². The van der Waals surface area contributed by atoms with E-state index in [1.54, 1.807) is 12.4 Å². The molecule has 1 unspecified atom stereocenters. The lowest BCUT2D eigenvalue weighted by Gasteiger charge is -2.14. The molecule has 3 nitrogen and oxygen atoms in total. The van der Waals surface area contributed by atoms with E-state index >= 15 is 0 Å². The van der Waals surface area contributed by atoms with Crippen LogP contribution >= 0.6 is 0 Å². The van der Waals surface area contributed by atoms with Crippen LogP contribution in [0.15, 0.2) is 42.7 Å². The smallest absolute Gasteiger partial charge is 0.406 e. The summed E-state index contributed by atoms with van der Waals surface area (Å²) < 4.78 is 40.0. The van der Waals surface area contributed by atoms with Gasteiger partial charge in [0.2, 0.25) is 0 Å². The number of alkyl halides is 3. The van der Waals surface area contributed by atoms with Crippen LogP contribution in [0.3, 0.4) is 0 Å². The van der Waals surface area contributed by atoms with Gasteiger partial charge in [0, 0.05) is 12.4 Å². The van der Waals surface area contributed by atoms with Crippen LogP contribution in [-0.4, -0.2) is 11.3 Å². The van der Waals surface area contributed by atoms with E-state index in [1.165, 1.54) is 24.3 Å². The van der Waals surface area contributed by atoms with Crippen molar-refractivity contribution >= 4 is 0 Å². The van der Waals surface area contributed by atoms with Crippen LogP contribution in [-0.2, 0) is 0 Å². The molecule has 2 aromatic rings. The number of aryl methyl sites for hydroxylation is 1. The summed E-state index contributed by atoms with van der Waals surface area (Å²) in [5.74, 6) is -0.268. The van der Waals surface area contributed by atoms with E-state index in [-0.39, 0.29) is 5.75 Å². The summed E-state index contributed by atoms with van der Waals surface area (Å²) >= 11 is 0. The number of halogens is 3. The molecule has 20 heavy (non-hydrogen) atoms. The molecule has 0 saturated carbocycles. The lowest BCUT2D eigenvalue weighted by molar-refractivity contribution is -0.274. The third-order valence-corrected chi connectivity index (χ3v) is 2.73. The fraction of sp³-hybridized carbons (Fsp3) is 0.214. The Hall–Kier alpha value is -2.08. The minimum Gasteiger partial charge on any atom is -0.406 e. The normalized spacial score (nSPS) is 13.1. The van der Waals surface area contributed by atoms with Crippen LogP contribution in [0.1, 0.15) is 22.7 Å². The summed E-state index contributed by atoms with van der Waals surface area (Å²) in [6.45, 7) is 1.89. The van der Waals surface area contributed by atoms with Crippen LogP contribution in [0.5, 0.6) is 5.75 Å². The standard InChI is InChI=1S/C14H13F3N2O/c1-9-6-11(8-19-7-9)13(18)10-2-4-12(5-3-10)20-14(15,16)17/h2-8,13H,18H2,1H3. The molecule has 2 N–H and O–H groups in total. The van der Waals surface area contributed by atoms with Crippen LogP contribution in [0.2, 0.25) is 0 Å². The first-order valence-corrected chi connectivity index (χ1v) is 5.88. The van der Waals surface area contributed by atoms with Crippen LogP contribution < -0.4 is 10.5 Å². The average Bonchev–Trinajstić information content (AvgIpc) is 2.37. The third kappa shape index (κ3) is 3.71. The molecule has 0 spiro atoms. The Morgan fingerprint density at radius 2 is 1.75 bits per heavy atom.